The minimum atomic E-state index is 1.20. The van der Waals surface area contributed by atoms with Crippen molar-refractivity contribution < 1.29 is 0 Å². The lowest BCUT2D eigenvalue weighted by Crippen LogP contribution is -1.92. The second-order valence-corrected chi connectivity index (χ2v) is 12.5. The van der Waals surface area contributed by atoms with E-state index in [0.717, 1.165) is 0 Å². The summed E-state index contributed by atoms with van der Waals surface area (Å²) in [6.45, 7) is 6.31. The van der Waals surface area contributed by atoms with Crippen molar-refractivity contribution in [2.75, 3.05) is 0 Å². The molecule has 0 heterocycles. The minimum Gasteiger partial charge on any atom is -0.0984 e. The first-order valence-corrected chi connectivity index (χ1v) is 16.3. The van der Waals surface area contributed by atoms with Crippen LogP contribution in [0.2, 0.25) is 0 Å². The first kappa shape index (κ1) is 27.3. The molecule has 0 aliphatic carbocycles. The molecule has 0 aromatic heterocycles. The maximum absolute atomic E-state index is 4.15. The molecule has 0 N–H and O–H groups in total. The molecule has 9 aromatic rings. The molecule has 0 fully saturated rings. The van der Waals surface area contributed by atoms with Crippen molar-refractivity contribution in [1.29, 1.82) is 0 Å². The average Bonchev–Trinajstić information content (AvgIpc) is 3.13. The summed E-state index contributed by atoms with van der Waals surface area (Å²) in [6, 6.07) is 58.1. The molecule has 220 valence electrons. The maximum Gasteiger partial charge on any atom is -0.00261 e. The Morgan fingerprint density at radius 3 is 1.47 bits per heavy atom. The smallest absolute Gasteiger partial charge is 0.00261 e. The van der Waals surface area contributed by atoms with Crippen molar-refractivity contribution in [3.8, 4) is 33.4 Å². The molecule has 0 saturated heterocycles. The van der Waals surface area contributed by atoms with Crippen molar-refractivity contribution in [2.24, 2.45) is 0 Å². The van der Waals surface area contributed by atoms with E-state index in [-0.39, 0.29) is 0 Å². The number of fused-ring (bicyclic) bond motifs is 6. The van der Waals surface area contributed by atoms with E-state index in [2.05, 4.69) is 171 Å². The van der Waals surface area contributed by atoms with Crippen LogP contribution in [-0.4, -0.2) is 0 Å². The molecule has 0 bridgehead atoms. The Kier molecular flexibility index (Phi) is 6.30. The highest BCUT2D eigenvalue weighted by Gasteiger charge is 2.18. The fourth-order valence-electron chi connectivity index (χ4n) is 7.74. The van der Waals surface area contributed by atoms with Gasteiger partial charge in [0.25, 0.3) is 0 Å². The lowest BCUT2D eigenvalue weighted by Gasteiger charge is -2.19. The summed E-state index contributed by atoms with van der Waals surface area (Å²) in [5.74, 6) is 0. The summed E-state index contributed by atoms with van der Waals surface area (Å²) in [4.78, 5) is 0. The molecule has 0 spiro atoms. The molecule has 0 unspecified atom stereocenters. The molecule has 9 aromatic carbocycles. The van der Waals surface area contributed by atoms with Gasteiger partial charge in [-0.2, -0.15) is 0 Å². The maximum atomic E-state index is 4.15. The van der Waals surface area contributed by atoms with Crippen LogP contribution < -0.4 is 0 Å². The van der Waals surface area contributed by atoms with Crippen LogP contribution in [0.15, 0.2) is 164 Å². The van der Waals surface area contributed by atoms with Crippen LogP contribution in [0.4, 0.5) is 0 Å². The van der Waals surface area contributed by atoms with Gasteiger partial charge in [-0.1, -0.05) is 152 Å². The van der Waals surface area contributed by atoms with Crippen LogP contribution in [0.1, 0.15) is 11.1 Å². The number of aryl methyl sites for hydroxylation is 1. The number of hydrogen-bond donors (Lipinski definition) is 0. The van der Waals surface area contributed by atoms with Gasteiger partial charge in [0.05, 0.1) is 0 Å². The Balaban J connectivity index is 1.34. The summed E-state index contributed by atoms with van der Waals surface area (Å²) in [5.41, 5.74) is 9.97. The average molecular weight is 597 g/mol. The van der Waals surface area contributed by atoms with Crippen LogP contribution in [0.5, 0.6) is 0 Å². The lowest BCUT2D eigenvalue weighted by atomic mass is 9.84. The Morgan fingerprint density at radius 2 is 0.872 bits per heavy atom. The highest BCUT2D eigenvalue weighted by atomic mass is 14.2. The Hall–Kier alpha value is -5.98. The molecule has 0 aliphatic rings. The van der Waals surface area contributed by atoms with E-state index in [4.69, 9.17) is 0 Å². The van der Waals surface area contributed by atoms with Gasteiger partial charge in [-0.25, -0.2) is 0 Å². The molecule has 47 heavy (non-hydrogen) atoms. The second-order valence-electron chi connectivity index (χ2n) is 12.5. The predicted molar refractivity (Wildman–Crippen MR) is 205 cm³/mol. The zero-order valence-corrected chi connectivity index (χ0v) is 26.3. The zero-order chi connectivity index (χ0) is 31.5. The Morgan fingerprint density at radius 1 is 0.383 bits per heavy atom. The van der Waals surface area contributed by atoms with Gasteiger partial charge in [-0.05, 0) is 123 Å². The molecule has 0 nitrogen and oxygen atoms in total. The first-order valence-electron chi connectivity index (χ1n) is 16.3. The van der Waals surface area contributed by atoms with Crippen molar-refractivity contribution in [3.05, 3.63) is 175 Å². The van der Waals surface area contributed by atoms with Gasteiger partial charge in [-0.15, -0.1) is 0 Å². The van der Waals surface area contributed by atoms with Crippen molar-refractivity contribution in [1.82, 2.24) is 0 Å². The summed E-state index contributed by atoms with van der Waals surface area (Å²) in [7, 11) is 0. The molecule has 0 atom stereocenters. The van der Waals surface area contributed by atoms with E-state index in [1.807, 2.05) is 6.08 Å². The molecule has 0 aliphatic heterocycles. The van der Waals surface area contributed by atoms with Crippen molar-refractivity contribution in [3.63, 3.8) is 0 Å². The topological polar surface area (TPSA) is 0 Å². The SMILES string of the molecule is C=Cc1c(C)ccc2ccc(-c3c4ccccc4c(-c4ccc5cc(-c6ccccc6)c6ccccc6c5c4)c4ccccc34)cc12. The molecule has 0 heteroatoms. The quantitative estimate of drug-likeness (QED) is 0.140. The lowest BCUT2D eigenvalue weighted by molar-refractivity contribution is 1.48. The number of hydrogen-bond acceptors (Lipinski definition) is 0. The monoisotopic (exact) mass is 596 g/mol. The third-order valence-corrected chi connectivity index (χ3v) is 9.94. The standard InChI is InChI=1S/C47H32/c1-3-36-30(2)21-22-32-23-25-34(28-43(32)36)46-39-17-9-11-19-41(39)47(42-20-12-10-18-40(42)46)35-26-24-33-27-44(31-13-5-4-6-14-31)37-15-7-8-16-38(37)45(33)29-35/h3-29H,1H2,2H3. The van der Waals surface area contributed by atoms with E-state index in [1.165, 1.54) is 98.4 Å². The summed E-state index contributed by atoms with van der Waals surface area (Å²) >= 11 is 0. The van der Waals surface area contributed by atoms with E-state index >= 15 is 0 Å². The van der Waals surface area contributed by atoms with Gasteiger partial charge >= 0.3 is 0 Å². The minimum absolute atomic E-state index is 1.20. The number of benzene rings is 9. The molecule has 0 radical (unpaired) electrons. The number of rotatable bonds is 4. The first-order chi connectivity index (χ1) is 23.2. The molecule has 0 amide bonds. The van der Waals surface area contributed by atoms with E-state index in [9.17, 15) is 0 Å². The molecular weight excluding hydrogens is 565 g/mol. The van der Waals surface area contributed by atoms with Crippen LogP contribution >= 0.6 is 0 Å². The third kappa shape index (κ3) is 4.30. The van der Waals surface area contributed by atoms with E-state index in [0.29, 0.717) is 0 Å². The van der Waals surface area contributed by atoms with Crippen molar-refractivity contribution >= 4 is 59.9 Å². The Bertz CT molecular complexity index is 2640. The van der Waals surface area contributed by atoms with Crippen LogP contribution in [0.3, 0.4) is 0 Å². The van der Waals surface area contributed by atoms with Crippen LogP contribution in [-0.2, 0) is 0 Å². The third-order valence-electron chi connectivity index (χ3n) is 9.94. The highest BCUT2D eigenvalue weighted by molar-refractivity contribution is 6.23. The predicted octanol–water partition coefficient (Wildman–Crippen LogP) is 13.4. The van der Waals surface area contributed by atoms with Crippen LogP contribution in [0.25, 0.3) is 93.3 Å². The zero-order valence-electron chi connectivity index (χ0n) is 26.3. The molecule has 9 rings (SSSR count). The van der Waals surface area contributed by atoms with Gasteiger partial charge in [0, 0.05) is 0 Å². The van der Waals surface area contributed by atoms with Gasteiger partial charge < -0.3 is 0 Å². The molecule has 0 saturated carbocycles. The second kappa shape index (κ2) is 10.8. The van der Waals surface area contributed by atoms with Gasteiger partial charge in [-0.3, -0.25) is 0 Å². The van der Waals surface area contributed by atoms with E-state index < -0.39 is 0 Å². The van der Waals surface area contributed by atoms with Gasteiger partial charge in [0.1, 0.15) is 0 Å². The highest BCUT2D eigenvalue weighted by Crippen LogP contribution is 2.45. The summed E-state index contributed by atoms with van der Waals surface area (Å²) < 4.78 is 0. The summed E-state index contributed by atoms with van der Waals surface area (Å²) in [6.07, 6.45) is 1.99. The fourth-order valence-corrected chi connectivity index (χ4v) is 7.74. The summed E-state index contributed by atoms with van der Waals surface area (Å²) in [5, 5.41) is 12.6. The van der Waals surface area contributed by atoms with Crippen molar-refractivity contribution in [2.45, 2.75) is 6.92 Å². The largest absolute Gasteiger partial charge is 0.0984 e. The van der Waals surface area contributed by atoms with Gasteiger partial charge in [0.15, 0.2) is 0 Å². The molecular formula is C47H32. The van der Waals surface area contributed by atoms with Crippen LogP contribution in [0, 0.1) is 6.92 Å². The van der Waals surface area contributed by atoms with E-state index in [1.54, 1.807) is 0 Å². The normalized spacial score (nSPS) is 11.6. The van der Waals surface area contributed by atoms with Gasteiger partial charge in [0.2, 0.25) is 0 Å². The fraction of sp³-hybridized carbons (Fsp3) is 0.0213. The Labute approximate surface area is 274 Å².